The minimum absolute atomic E-state index is 0.0709. The Balaban J connectivity index is 1.19. The Hall–Kier alpha value is -3.72. The molecule has 1 fully saturated rings. The van der Waals surface area contributed by atoms with Gasteiger partial charge in [0.15, 0.2) is 5.82 Å². The van der Waals surface area contributed by atoms with Crippen molar-refractivity contribution >= 4 is 11.8 Å². The van der Waals surface area contributed by atoms with Crippen LogP contribution in [0.4, 0.5) is 0 Å². The lowest BCUT2D eigenvalue weighted by Gasteiger charge is -2.34. The average Bonchev–Trinajstić information content (AvgIpc) is 3.39. The number of hydrogen-bond acceptors (Lipinski definition) is 7. The number of piperazine rings is 1. The number of benzene rings is 2. The number of aryl methyl sites for hydroxylation is 1. The van der Waals surface area contributed by atoms with Gasteiger partial charge in [-0.3, -0.25) is 14.5 Å². The van der Waals surface area contributed by atoms with E-state index in [2.05, 4.69) is 15.0 Å². The van der Waals surface area contributed by atoms with Gasteiger partial charge in [-0.25, -0.2) is 0 Å². The lowest BCUT2D eigenvalue weighted by molar-refractivity contribution is -0.132. The Bertz CT molecular complexity index is 1140. The number of amides is 2. The zero-order valence-electron chi connectivity index (χ0n) is 21.6. The standard InChI is InChI=1S/C28H35N5O4/c1-3-32(20-23-7-5-4-6-8-23)27(34)14-13-26-29-25(30-37-26)21-31-15-17-33(18-16-31)28(35)19-22-9-11-24(36-2)12-10-22/h4-12H,3,13-21H2,1-2H3. The Morgan fingerprint density at radius 2 is 1.73 bits per heavy atom. The van der Waals surface area contributed by atoms with E-state index in [1.807, 2.05) is 71.3 Å². The Labute approximate surface area is 218 Å². The first-order chi connectivity index (χ1) is 18.0. The van der Waals surface area contributed by atoms with Crippen LogP contribution in [0, 0.1) is 0 Å². The summed E-state index contributed by atoms with van der Waals surface area (Å²) in [6.45, 7) is 6.64. The number of hydrogen-bond donors (Lipinski definition) is 0. The molecule has 0 unspecified atom stereocenters. The molecule has 0 aliphatic carbocycles. The average molecular weight is 506 g/mol. The maximum Gasteiger partial charge on any atom is 0.227 e. The number of carbonyl (C=O) groups excluding carboxylic acids is 2. The molecule has 9 heteroatoms. The van der Waals surface area contributed by atoms with Gasteiger partial charge < -0.3 is 19.1 Å². The van der Waals surface area contributed by atoms with Crippen molar-refractivity contribution in [2.75, 3.05) is 39.8 Å². The van der Waals surface area contributed by atoms with Crippen molar-refractivity contribution in [2.24, 2.45) is 0 Å². The van der Waals surface area contributed by atoms with E-state index in [9.17, 15) is 9.59 Å². The van der Waals surface area contributed by atoms with Gasteiger partial charge in [0.05, 0.1) is 20.1 Å². The lowest BCUT2D eigenvalue weighted by Crippen LogP contribution is -2.48. The summed E-state index contributed by atoms with van der Waals surface area (Å²) < 4.78 is 10.6. The van der Waals surface area contributed by atoms with Crippen LogP contribution in [0.1, 0.15) is 36.2 Å². The largest absolute Gasteiger partial charge is 0.497 e. The van der Waals surface area contributed by atoms with Gasteiger partial charge in [0.1, 0.15) is 5.75 Å². The second-order valence-corrected chi connectivity index (χ2v) is 9.18. The first kappa shape index (κ1) is 26.3. The van der Waals surface area contributed by atoms with Crippen LogP contribution in [0.3, 0.4) is 0 Å². The van der Waals surface area contributed by atoms with Gasteiger partial charge in [-0.1, -0.05) is 47.6 Å². The second kappa shape index (κ2) is 13.0. The fourth-order valence-corrected chi connectivity index (χ4v) is 4.39. The van der Waals surface area contributed by atoms with Gasteiger partial charge in [0.25, 0.3) is 0 Å². The number of carbonyl (C=O) groups is 2. The SMILES string of the molecule is CCN(Cc1ccccc1)C(=O)CCc1nc(CN2CCN(C(=O)Cc3ccc(OC)cc3)CC2)no1. The fraction of sp³-hybridized carbons (Fsp3) is 0.429. The van der Waals surface area contributed by atoms with E-state index >= 15 is 0 Å². The van der Waals surface area contributed by atoms with Gasteiger partial charge in [-0.15, -0.1) is 0 Å². The Morgan fingerprint density at radius 3 is 2.41 bits per heavy atom. The molecule has 2 heterocycles. The van der Waals surface area contributed by atoms with Gasteiger partial charge >= 0.3 is 0 Å². The normalized spacial score (nSPS) is 13.9. The third kappa shape index (κ3) is 7.63. The molecule has 1 saturated heterocycles. The van der Waals surface area contributed by atoms with Gasteiger partial charge in [-0.2, -0.15) is 4.98 Å². The topological polar surface area (TPSA) is 92.0 Å². The van der Waals surface area contributed by atoms with E-state index in [-0.39, 0.29) is 11.8 Å². The smallest absolute Gasteiger partial charge is 0.227 e. The van der Waals surface area contributed by atoms with E-state index in [1.165, 1.54) is 0 Å². The number of rotatable bonds is 11. The Kier molecular flexibility index (Phi) is 9.26. The molecule has 1 aliphatic heterocycles. The monoisotopic (exact) mass is 505 g/mol. The molecule has 0 spiro atoms. The highest BCUT2D eigenvalue weighted by molar-refractivity contribution is 5.79. The molecule has 0 atom stereocenters. The third-order valence-corrected chi connectivity index (χ3v) is 6.62. The maximum absolute atomic E-state index is 12.7. The molecule has 4 rings (SSSR count). The van der Waals surface area contributed by atoms with Crippen LogP contribution >= 0.6 is 0 Å². The zero-order chi connectivity index (χ0) is 26.0. The van der Waals surface area contributed by atoms with E-state index < -0.39 is 0 Å². The molecule has 0 bridgehead atoms. The van der Waals surface area contributed by atoms with Crippen LogP contribution < -0.4 is 4.74 Å². The summed E-state index contributed by atoms with van der Waals surface area (Å²) in [4.78, 5) is 35.8. The van der Waals surface area contributed by atoms with Crippen molar-refractivity contribution < 1.29 is 18.8 Å². The predicted octanol–water partition coefficient (Wildman–Crippen LogP) is 2.95. The van der Waals surface area contributed by atoms with Gasteiger partial charge in [-0.05, 0) is 30.2 Å². The zero-order valence-corrected chi connectivity index (χ0v) is 21.6. The quantitative estimate of drug-likeness (QED) is 0.396. The Morgan fingerprint density at radius 1 is 1.00 bits per heavy atom. The van der Waals surface area contributed by atoms with Crippen molar-refractivity contribution in [3.8, 4) is 5.75 Å². The van der Waals surface area contributed by atoms with E-state index in [0.717, 1.165) is 30.0 Å². The summed E-state index contributed by atoms with van der Waals surface area (Å²) in [5.74, 6) is 2.07. The van der Waals surface area contributed by atoms with Gasteiger partial charge in [0.2, 0.25) is 17.7 Å². The highest BCUT2D eigenvalue weighted by atomic mass is 16.5. The van der Waals surface area contributed by atoms with Crippen molar-refractivity contribution in [3.63, 3.8) is 0 Å². The number of nitrogens with zero attached hydrogens (tertiary/aromatic N) is 5. The first-order valence-electron chi connectivity index (χ1n) is 12.8. The predicted molar refractivity (Wildman–Crippen MR) is 139 cm³/mol. The van der Waals surface area contributed by atoms with Crippen molar-refractivity contribution in [2.45, 2.75) is 39.3 Å². The maximum atomic E-state index is 12.7. The summed E-state index contributed by atoms with van der Waals surface area (Å²) in [6, 6.07) is 17.6. The summed E-state index contributed by atoms with van der Waals surface area (Å²) in [5, 5.41) is 4.10. The van der Waals surface area contributed by atoms with E-state index in [0.29, 0.717) is 63.7 Å². The van der Waals surface area contributed by atoms with Crippen LogP contribution in [-0.4, -0.2) is 76.5 Å². The lowest BCUT2D eigenvalue weighted by atomic mass is 10.1. The molecule has 37 heavy (non-hydrogen) atoms. The van der Waals surface area contributed by atoms with Crippen LogP contribution in [0.25, 0.3) is 0 Å². The number of ether oxygens (including phenoxy) is 1. The first-order valence-corrected chi connectivity index (χ1v) is 12.8. The molecule has 196 valence electrons. The molecule has 2 aromatic carbocycles. The summed E-state index contributed by atoms with van der Waals surface area (Å²) >= 11 is 0. The van der Waals surface area contributed by atoms with Crippen molar-refractivity contribution in [1.29, 1.82) is 0 Å². The summed E-state index contributed by atoms with van der Waals surface area (Å²) in [7, 11) is 1.63. The molecule has 2 amide bonds. The molecule has 3 aromatic rings. The number of methoxy groups -OCH3 is 1. The van der Waals surface area contributed by atoms with E-state index in [4.69, 9.17) is 9.26 Å². The van der Waals surface area contributed by atoms with Crippen LogP contribution in [-0.2, 0) is 35.5 Å². The molecular weight excluding hydrogens is 470 g/mol. The van der Waals surface area contributed by atoms with E-state index in [1.54, 1.807) is 7.11 Å². The summed E-state index contributed by atoms with van der Waals surface area (Å²) in [6.07, 6.45) is 1.14. The molecular formula is C28H35N5O4. The molecule has 0 N–H and O–H groups in total. The highest BCUT2D eigenvalue weighted by Crippen LogP contribution is 2.14. The molecule has 0 radical (unpaired) electrons. The number of aromatic nitrogens is 2. The molecule has 0 saturated carbocycles. The third-order valence-electron chi connectivity index (χ3n) is 6.62. The van der Waals surface area contributed by atoms with Crippen LogP contribution in [0.5, 0.6) is 5.75 Å². The van der Waals surface area contributed by atoms with Crippen molar-refractivity contribution in [1.82, 2.24) is 24.8 Å². The van der Waals surface area contributed by atoms with Crippen LogP contribution in [0.15, 0.2) is 59.1 Å². The minimum Gasteiger partial charge on any atom is -0.497 e. The minimum atomic E-state index is 0.0709. The van der Waals surface area contributed by atoms with Crippen molar-refractivity contribution in [3.05, 3.63) is 77.4 Å². The second-order valence-electron chi connectivity index (χ2n) is 9.18. The van der Waals surface area contributed by atoms with Gasteiger partial charge in [0, 0.05) is 52.1 Å². The fourth-order valence-electron chi connectivity index (χ4n) is 4.39. The molecule has 1 aromatic heterocycles. The molecule has 9 nitrogen and oxygen atoms in total. The highest BCUT2D eigenvalue weighted by Gasteiger charge is 2.23. The molecule has 1 aliphatic rings. The van der Waals surface area contributed by atoms with Crippen LogP contribution in [0.2, 0.25) is 0 Å². The summed E-state index contributed by atoms with van der Waals surface area (Å²) in [5.41, 5.74) is 2.09.